The number of nitrogens with one attached hydrogen (secondary N) is 2. The van der Waals surface area contributed by atoms with Crippen LogP contribution in [0.25, 0.3) is 0 Å². The molecule has 0 spiro atoms. The van der Waals surface area contributed by atoms with E-state index >= 15 is 0 Å². The Balaban J connectivity index is 1.48. The minimum atomic E-state index is -0.303. The number of benzene rings is 2. The molecule has 0 aliphatic carbocycles. The molecule has 2 aliphatic rings. The Kier molecular flexibility index (Phi) is 4.04. The second-order valence-corrected chi connectivity index (χ2v) is 6.16. The average Bonchev–Trinajstić information content (AvgIpc) is 2.65. The molecule has 2 aromatic carbocycles. The third-order valence-electron chi connectivity index (χ3n) is 4.44. The summed E-state index contributed by atoms with van der Waals surface area (Å²) in [5.41, 5.74) is 2.80. The molecule has 2 aromatic rings. The first-order chi connectivity index (χ1) is 12.6. The van der Waals surface area contributed by atoms with Crippen molar-refractivity contribution in [3.05, 3.63) is 53.6 Å². The second kappa shape index (κ2) is 6.51. The van der Waals surface area contributed by atoms with Crippen LogP contribution in [0.5, 0.6) is 5.75 Å². The number of nitrogens with zero attached hydrogens (tertiary/aromatic N) is 1. The average molecular weight is 351 g/mol. The summed E-state index contributed by atoms with van der Waals surface area (Å²) in [5, 5.41) is 5.53. The summed E-state index contributed by atoms with van der Waals surface area (Å²) < 4.78 is 5.62. The fourth-order valence-corrected chi connectivity index (χ4v) is 3.17. The van der Waals surface area contributed by atoms with Gasteiger partial charge in [-0.1, -0.05) is 12.1 Å². The molecule has 0 aromatic heterocycles. The number of para-hydroxylation sites is 2. The molecule has 26 heavy (non-hydrogen) atoms. The van der Waals surface area contributed by atoms with Crippen LogP contribution in [0.1, 0.15) is 15.9 Å². The predicted molar refractivity (Wildman–Crippen MR) is 95.4 cm³/mol. The van der Waals surface area contributed by atoms with E-state index in [9.17, 15) is 14.4 Å². The Morgan fingerprint density at radius 1 is 1.15 bits per heavy atom. The van der Waals surface area contributed by atoms with Gasteiger partial charge in [-0.15, -0.1) is 0 Å². The van der Waals surface area contributed by atoms with Crippen LogP contribution in [-0.2, 0) is 16.0 Å². The van der Waals surface area contributed by atoms with E-state index in [2.05, 4.69) is 10.6 Å². The van der Waals surface area contributed by atoms with Gasteiger partial charge in [-0.3, -0.25) is 19.3 Å². The molecule has 0 radical (unpaired) electrons. The third-order valence-corrected chi connectivity index (χ3v) is 4.44. The van der Waals surface area contributed by atoms with Crippen molar-refractivity contribution >= 4 is 29.1 Å². The number of hydrogen-bond donors (Lipinski definition) is 2. The van der Waals surface area contributed by atoms with Crippen LogP contribution in [-0.4, -0.2) is 37.4 Å². The van der Waals surface area contributed by atoms with Crippen LogP contribution in [0.4, 0.5) is 11.4 Å². The Labute approximate surface area is 149 Å². The number of carbonyl (C=O) groups excluding carboxylic acids is 3. The van der Waals surface area contributed by atoms with Gasteiger partial charge < -0.3 is 15.4 Å². The van der Waals surface area contributed by atoms with Gasteiger partial charge in [0.1, 0.15) is 12.3 Å². The predicted octanol–water partition coefficient (Wildman–Crippen LogP) is 1.34. The lowest BCUT2D eigenvalue weighted by Gasteiger charge is -2.29. The van der Waals surface area contributed by atoms with E-state index in [0.717, 1.165) is 12.0 Å². The molecule has 132 valence electrons. The molecule has 7 nitrogen and oxygen atoms in total. The molecule has 0 saturated heterocycles. The van der Waals surface area contributed by atoms with Crippen LogP contribution in [0.2, 0.25) is 0 Å². The van der Waals surface area contributed by atoms with E-state index in [0.29, 0.717) is 29.2 Å². The maximum atomic E-state index is 12.6. The zero-order valence-electron chi connectivity index (χ0n) is 14.0. The van der Waals surface area contributed by atoms with Gasteiger partial charge in [0.15, 0.2) is 6.61 Å². The monoisotopic (exact) mass is 351 g/mol. The Bertz CT molecular complexity index is 909. The first kappa shape index (κ1) is 16.1. The Morgan fingerprint density at radius 3 is 2.88 bits per heavy atom. The molecular weight excluding hydrogens is 334 g/mol. The number of carbonyl (C=O) groups is 3. The van der Waals surface area contributed by atoms with Crippen molar-refractivity contribution in [2.24, 2.45) is 0 Å². The van der Waals surface area contributed by atoms with Gasteiger partial charge in [-0.25, -0.2) is 0 Å². The largest absolute Gasteiger partial charge is 0.484 e. The first-order valence-corrected chi connectivity index (χ1v) is 8.35. The zero-order chi connectivity index (χ0) is 18.1. The minimum absolute atomic E-state index is 0.0381. The maximum Gasteiger partial charge on any atom is 0.265 e. The highest BCUT2D eigenvalue weighted by Crippen LogP contribution is 2.29. The first-order valence-electron chi connectivity index (χ1n) is 8.35. The lowest BCUT2D eigenvalue weighted by Crippen LogP contribution is -2.44. The van der Waals surface area contributed by atoms with Crippen LogP contribution in [0.3, 0.4) is 0 Å². The standard InChI is InChI=1S/C19H17N3O4/c23-17-10-22(16-4-2-1-3-15(16)21-17)18(24)11-26-13-5-6-14-12(9-13)7-8-20-19(14)25/h1-6,9H,7-8,10-11H2,(H,20,25)(H,21,23). The van der Waals surface area contributed by atoms with Gasteiger partial charge in [0.05, 0.1) is 11.4 Å². The number of hydrogen-bond acceptors (Lipinski definition) is 4. The van der Waals surface area contributed by atoms with Crippen molar-refractivity contribution in [2.45, 2.75) is 6.42 Å². The van der Waals surface area contributed by atoms with Crippen molar-refractivity contribution in [3.8, 4) is 5.75 Å². The van der Waals surface area contributed by atoms with Gasteiger partial charge in [0.25, 0.3) is 11.8 Å². The molecule has 0 saturated carbocycles. The van der Waals surface area contributed by atoms with Gasteiger partial charge >= 0.3 is 0 Å². The minimum Gasteiger partial charge on any atom is -0.484 e. The Hall–Kier alpha value is -3.35. The smallest absolute Gasteiger partial charge is 0.265 e. The van der Waals surface area contributed by atoms with Crippen molar-refractivity contribution in [2.75, 3.05) is 29.9 Å². The number of amides is 3. The van der Waals surface area contributed by atoms with Crippen LogP contribution in [0.15, 0.2) is 42.5 Å². The lowest BCUT2D eigenvalue weighted by molar-refractivity contribution is -0.123. The van der Waals surface area contributed by atoms with Crippen LogP contribution < -0.4 is 20.3 Å². The summed E-state index contributed by atoms with van der Waals surface area (Å²) in [6.45, 7) is 0.365. The molecule has 0 fully saturated rings. The maximum absolute atomic E-state index is 12.6. The topological polar surface area (TPSA) is 87.7 Å². The molecule has 2 aliphatic heterocycles. The number of ether oxygens (including phenoxy) is 1. The number of fused-ring (bicyclic) bond motifs is 2. The van der Waals surface area contributed by atoms with Crippen molar-refractivity contribution < 1.29 is 19.1 Å². The summed E-state index contributed by atoms with van der Waals surface area (Å²) in [7, 11) is 0. The molecule has 0 atom stereocenters. The molecule has 2 N–H and O–H groups in total. The molecular formula is C19H17N3O4. The van der Waals surface area contributed by atoms with E-state index in [1.807, 2.05) is 6.07 Å². The highest BCUT2D eigenvalue weighted by molar-refractivity contribution is 6.10. The fraction of sp³-hybridized carbons (Fsp3) is 0.211. The quantitative estimate of drug-likeness (QED) is 0.873. The molecule has 0 bridgehead atoms. The van der Waals surface area contributed by atoms with Gasteiger partial charge in [-0.05, 0) is 42.3 Å². The number of rotatable bonds is 3. The SMILES string of the molecule is O=C1CN(C(=O)COc2ccc3c(c2)CCNC3=O)c2ccccc2N1. The van der Waals surface area contributed by atoms with Crippen LogP contribution in [0, 0.1) is 0 Å². The third kappa shape index (κ3) is 2.99. The molecule has 0 unspecified atom stereocenters. The molecule has 4 rings (SSSR count). The van der Waals surface area contributed by atoms with E-state index in [1.54, 1.807) is 36.4 Å². The summed E-state index contributed by atoms with van der Waals surface area (Å²) in [6, 6.07) is 12.3. The second-order valence-electron chi connectivity index (χ2n) is 6.16. The van der Waals surface area contributed by atoms with Crippen molar-refractivity contribution in [3.63, 3.8) is 0 Å². The zero-order valence-corrected chi connectivity index (χ0v) is 14.0. The van der Waals surface area contributed by atoms with Crippen LogP contribution >= 0.6 is 0 Å². The van der Waals surface area contributed by atoms with Gasteiger partial charge in [0.2, 0.25) is 5.91 Å². The molecule has 7 heteroatoms. The molecule has 2 heterocycles. The highest BCUT2D eigenvalue weighted by atomic mass is 16.5. The Morgan fingerprint density at radius 2 is 2.00 bits per heavy atom. The summed E-state index contributed by atoms with van der Waals surface area (Å²) in [4.78, 5) is 37.6. The highest BCUT2D eigenvalue weighted by Gasteiger charge is 2.27. The fourth-order valence-electron chi connectivity index (χ4n) is 3.17. The summed E-state index contributed by atoms with van der Waals surface area (Å²) >= 11 is 0. The molecule has 3 amide bonds. The normalized spacial score (nSPS) is 15.5. The summed E-state index contributed by atoms with van der Waals surface area (Å²) in [6.07, 6.45) is 0.728. The van der Waals surface area contributed by atoms with Gasteiger partial charge in [-0.2, -0.15) is 0 Å². The van der Waals surface area contributed by atoms with E-state index in [4.69, 9.17) is 4.74 Å². The van der Waals surface area contributed by atoms with E-state index in [1.165, 1.54) is 4.90 Å². The van der Waals surface area contributed by atoms with E-state index in [-0.39, 0.29) is 30.9 Å². The van der Waals surface area contributed by atoms with Crippen molar-refractivity contribution in [1.82, 2.24) is 5.32 Å². The van der Waals surface area contributed by atoms with E-state index < -0.39 is 0 Å². The van der Waals surface area contributed by atoms with Crippen molar-refractivity contribution in [1.29, 1.82) is 0 Å². The van der Waals surface area contributed by atoms with Gasteiger partial charge in [0, 0.05) is 12.1 Å². The lowest BCUT2D eigenvalue weighted by atomic mass is 10.0. The summed E-state index contributed by atoms with van der Waals surface area (Å²) in [5.74, 6) is -0.106. The number of anilines is 2.